The molecule has 1 aliphatic carbocycles. The largest absolute Gasteiger partial charge is 0.433 e. The van der Waals surface area contributed by atoms with Crippen molar-refractivity contribution in [3.63, 3.8) is 0 Å². The normalized spacial score (nSPS) is 23.4. The first-order chi connectivity index (χ1) is 20.0. The summed E-state index contributed by atoms with van der Waals surface area (Å²) in [6, 6.07) is 34.4. The summed E-state index contributed by atoms with van der Waals surface area (Å²) in [5, 5.41) is 2.38. The van der Waals surface area contributed by atoms with Crippen molar-refractivity contribution in [1.29, 1.82) is 0 Å². The maximum Gasteiger partial charge on any atom is 0.350 e. The second-order valence-corrected chi connectivity index (χ2v) is 29.3. The van der Waals surface area contributed by atoms with Crippen LogP contribution in [-0.4, -0.2) is 46.0 Å². The van der Waals surface area contributed by atoms with Crippen LogP contribution in [0.4, 0.5) is 0 Å². The molecule has 4 nitrogen and oxygen atoms in total. The van der Waals surface area contributed by atoms with Gasteiger partial charge in [0, 0.05) is 0 Å². The molecule has 8 heteroatoms. The fourth-order valence-electron chi connectivity index (χ4n) is 6.68. The summed E-state index contributed by atoms with van der Waals surface area (Å²) >= 11 is 0. The van der Waals surface area contributed by atoms with Crippen LogP contribution in [0, 0.1) is 5.92 Å². The maximum absolute atomic E-state index is 7.52. The Morgan fingerprint density at radius 1 is 0.595 bits per heavy atom. The lowest BCUT2D eigenvalue weighted by molar-refractivity contribution is 0.333. The topological polar surface area (TPSA) is 40.2 Å². The minimum atomic E-state index is -2.87. The van der Waals surface area contributed by atoms with Crippen molar-refractivity contribution >= 4 is 44.1 Å². The van der Waals surface area contributed by atoms with Gasteiger partial charge in [0.05, 0.1) is 12.2 Å². The molecule has 1 aliphatic heterocycles. The van der Waals surface area contributed by atoms with Gasteiger partial charge in [0.2, 0.25) is 0 Å². The molecule has 1 heterocycles. The summed E-state index contributed by atoms with van der Waals surface area (Å²) in [7, 11) is -9.89. The third kappa shape index (κ3) is 8.50. The second-order valence-electron chi connectivity index (χ2n) is 13.9. The van der Waals surface area contributed by atoms with Gasteiger partial charge in [-0.05, 0) is 98.9 Å². The van der Waals surface area contributed by atoms with Gasteiger partial charge in [0.25, 0.3) is 0 Å². The van der Waals surface area contributed by atoms with Gasteiger partial charge in [-0.25, -0.2) is 0 Å². The van der Waals surface area contributed by atoms with Crippen molar-refractivity contribution in [2.75, 3.05) is 0 Å². The minimum absolute atomic E-state index is 0.533. The highest BCUT2D eigenvalue weighted by Gasteiger charge is 2.51. The summed E-state index contributed by atoms with van der Waals surface area (Å²) in [4.78, 5) is 0. The van der Waals surface area contributed by atoms with Gasteiger partial charge >= 0.3 is 17.1 Å². The van der Waals surface area contributed by atoms with Crippen molar-refractivity contribution in [3.05, 3.63) is 96.6 Å². The van der Waals surface area contributed by atoms with Crippen molar-refractivity contribution in [3.8, 4) is 0 Å². The lowest BCUT2D eigenvalue weighted by Crippen LogP contribution is -2.68. The van der Waals surface area contributed by atoms with Gasteiger partial charge in [-0.3, -0.25) is 0 Å². The molecule has 5 atom stereocenters. The molecular weight excluding hydrogens is 585 g/mol. The van der Waals surface area contributed by atoms with Gasteiger partial charge in [-0.1, -0.05) is 97.4 Å². The van der Waals surface area contributed by atoms with Crippen molar-refractivity contribution in [2.45, 2.75) is 95.7 Å². The van der Waals surface area contributed by atoms with Crippen LogP contribution in [-0.2, 0) is 23.5 Å². The lowest BCUT2D eigenvalue weighted by Gasteiger charge is -2.44. The molecule has 226 valence electrons. The number of hydrogen-bond donors (Lipinski definition) is 0. The number of hydrogen-bond acceptors (Lipinski definition) is 4. The van der Waals surface area contributed by atoms with E-state index in [4.69, 9.17) is 17.1 Å². The molecule has 1 saturated carbocycles. The predicted molar refractivity (Wildman–Crippen MR) is 184 cm³/mol. The molecule has 3 aromatic carbocycles. The Kier molecular flexibility index (Phi) is 9.96. The van der Waals surface area contributed by atoms with E-state index in [0.29, 0.717) is 12.2 Å². The van der Waals surface area contributed by atoms with Gasteiger partial charge in [0.15, 0.2) is 16.6 Å². The molecule has 5 unspecified atom stereocenters. The Bertz CT molecular complexity index is 1280. The predicted octanol–water partition coefficient (Wildman–Crippen LogP) is 7.61. The van der Waals surface area contributed by atoms with Crippen molar-refractivity contribution in [1.82, 2.24) is 0 Å². The molecule has 3 aromatic rings. The van der Waals surface area contributed by atoms with E-state index in [1.54, 1.807) is 0 Å². The van der Waals surface area contributed by atoms with Crippen LogP contribution in [0.25, 0.3) is 0 Å². The summed E-state index contributed by atoms with van der Waals surface area (Å²) < 4.78 is 28.1. The van der Waals surface area contributed by atoms with Crippen LogP contribution < -0.4 is 10.4 Å². The number of aryl methyl sites for hydroxylation is 1. The molecule has 2 aliphatic rings. The molecule has 42 heavy (non-hydrogen) atoms. The molecule has 0 bridgehead atoms. The van der Waals surface area contributed by atoms with Crippen molar-refractivity contribution < 1.29 is 17.1 Å². The first-order valence-corrected chi connectivity index (χ1v) is 26.7. The molecule has 1 saturated heterocycles. The average Bonchev–Trinajstić information content (AvgIpc) is 3.75. The van der Waals surface area contributed by atoms with Crippen LogP contribution in [0.5, 0.6) is 0 Å². The van der Waals surface area contributed by atoms with Crippen LogP contribution in [0.1, 0.15) is 31.2 Å². The van der Waals surface area contributed by atoms with E-state index in [0.717, 1.165) is 24.4 Å². The zero-order valence-electron chi connectivity index (χ0n) is 26.5. The highest BCUT2D eigenvalue weighted by atomic mass is 28.5. The Balaban J connectivity index is 1.38. The van der Waals surface area contributed by atoms with E-state index >= 15 is 0 Å². The zero-order valence-corrected chi connectivity index (χ0v) is 30.5. The monoisotopic (exact) mass is 634 g/mol. The van der Waals surface area contributed by atoms with Crippen LogP contribution in [0.3, 0.4) is 0 Å². The van der Waals surface area contributed by atoms with Crippen LogP contribution in [0.15, 0.2) is 91.0 Å². The van der Waals surface area contributed by atoms with Crippen LogP contribution in [0.2, 0.25) is 51.4 Å². The lowest BCUT2D eigenvalue weighted by atomic mass is 9.88. The molecule has 0 amide bonds. The standard InChI is InChI=1S/C34H50O4Si4/c1-39(2,26-24-29-16-10-7-11-17-29)36-41(5,31-18-12-8-13-19-31)38-42(6,32-20-14-9-15-21-32)37-40(3,4)27-25-30-22-23-33-34(28-30)35-33/h7-21,30,33-34H,22-28H2,1-6H3. The number of rotatable bonds is 14. The van der Waals surface area contributed by atoms with Gasteiger partial charge in [-0.2, -0.15) is 0 Å². The average molecular weight is 635 g/mol. The fourth-order valence-corrected chi connectivity index (χ4v) is 25.5. The zero-order chi connectivity index (χ0) is 29.8. The summed E-state index contributed by atoms with van der Waals surface area (Å²) in [6.45, 7) is 14.0. The fraction of sp³-hybridized carbons (Fsp3) is 0.471. The highest BCUT2D eigenvalue weighted by Crippen LogP contribution is 2.42. The van der Waals surface area contributed by atoms with E-state index < -0.39 is 33.8 Å². The molecule has 0 spiro atoms. The summed E-state index contributed by atoms with van der Waals surface area (Å²) in [5.74, 6) is 0.762. The number of benzene rings is 3. The Labute approximate surface area is 258 Å². The minimum Gasteiger partial charge on any atom is -0.433 e. The third-order valence-electron chi connectivity index (χ3n) is 9.05. The number of ether oxygens (including phenoxy) is 1. The van der Waals surface area contributed by atoms with Crippen molar-refractivity contribution in [2.24, 2.45) is 5.92 Å². The first kappa shape index (κ1) is 31.8. The van der Waals surface area contributed by atoms with Crippen LogP contribution >= 0.6 is 0 Å². The molecule has 2 fully saturated rings. The molecule has 0 aromatic heterocycles. The van der Waals surface area contributed by atoms with E-state index in [9.17, 15) is 0 Å². The van der Waals surface area contributed by atoms with Gasteiger partial charge < -0.3 is 17.1 Å². The second kappa shape index (κ2) is 13.2. The summed E-state index contributed by atoms with van der Waals surface area (Å²) in [5.41, 5.74) is 1.37. The molecule has 0 radical (unpaired) electrons. The SMILES string of the molecule is C[Si](C)(CCc1ccccc1)O[Si](C)(O[Si](C)(O[Si](C)(C)CCC1CCC2OC2C1)c1ccccc1)c1ccccc1. The summed E-state index contributed by atoms with van der Waals surface area (Å²) in [6.07, 6.45) is 7.11. The highest BCUT2D eigenvalue weighted by molar-refractivity contribution is 6.98. The number of fused-ring (bicyclic) bond motifs is 1. The molecule has 5 rings (SSSR count). The quantitative estimate of drug-likeness (QED) is 0.135. The smallest absolute Gasteiger partial charge is 0.350 e. The van der Waals surface area contributed by atoms with Gasteiger partial charge in [0.1, 0.15) is 0 Å². The Morgan fingerprint density at radius 2 is 1.10 bits per heavy atom. The van der Waals surface area contributed by atoms with Gasteiger partial charge in [-0.15, -0.1) is 0 Å². The third-order valence-corrected chi connectivity index (χ3v) is 25.4. The molecule has 0 N–H and O–H groups in total. The Hall–Kier alpha value is -1.63. The maximum atomic E-state index is 7.52. The molecular formula is C34H50O4Si4. The number of epoxide rings is 1. The van der Waals surface area contributed by atoms with E-state index in [2.05, 4.69) is 130 Å². The Morgan fingerprint density at radius 3 is 1.62 bits per heavy atom. The van der Waals surface area contributed by atoms with E-state index in [1.165, 1.54) is 41.6 Å². The van der Waals surface area contributed by atoms with E-state index in [1.807, 2.05) is 0 Å². The van der Waals surface area contributed by atoms with E-state index in [-0.39, 0.29) is 0 Å². The first-order valence-electron chi connectivity index (χ1n) is 15.9.